The monoisotopic (exact) mass is 254 g/mol. The van der Waals surface area contributed by atoms with Gasteiger partial charge < -0.3 is 10.6 Å². The van der Waals surface area contributed by atoms with Gasteiger partial charge in [-0.05, 0) is 30.1 Å². The molecular formula is C15H30N2O. The summed E-state index contributed by atoms with van der Waals surface area (Å²) in [7, 11) is 0. The summed E-state index contributed by atoms with van der Waals surface area (Å²) in [4.78, 5) is 14.5. The minimum atomic E-state index is 0.0173. The lowest BCUT2D eigenvalue weighted by Crippen LogP contribution is -2.39. The Balaban J connectivity index is 2.58. The highest BCUT2D eigenvalue weighted by atomic mass is 16.2. The molecule has 0 radical (unpaired) electrons. The third kappa shape index (κ3) is 3.98. The van der Waals surface area contributed by atoms with Crippen LogP contribution in [0.2, 0.25) is 0 Å². The molecule has 0 saturated carbocycles. The molecule has 0 aromatic carbocycles. The number of likely N-dealkylation sites (tertiary alicyclic amines) is 1. The maximum absolute atomic E-state index is 12.4. The Morgan fingerprint density at radius 2 is 2.00 bits per heavy atom. The predicted octanol–water partition coefficient (Wildman–Crippen LogP) is 2.50. The molecule has 1 saturated heterocycles. The van der Waals surface area contributed by atoms with Crippen molar-refractivity contribution in [2.45, 2.75) is 47.5 Å². The van der Waals surface area contributed by atoms with E-state index in [-0.39, 0.29) is 11.8 Å². The van der Waals surface area contributed by atoms with Crippen molar-refractivity contribution in [3.63, 3.8) is 0 Å². The predicted molar refractivity (Wildman–Crippen MR) is 76.1 cm³/mol. The van der Waals surface area contributed by atoms with Gasteiger partial charge in [0.1, 0.15) is 0 Å². The van der Waals surface area contributed by atoms with Gasteiger partial charge in [-0.25, -0.2) is 0 Å². The van der Waals surface area contributed by atoms with E-state index in [1.54, 1.807) is 0 Å². The molecule has 2 atom stereocenters. The molecule has 2 N–H and O–H groups in total. The molecule has 0 aromatic rings. The van der Waals surface area contributed by atoms with E-state index in [0.29, 0.717) is 23.8 Å². The number of nitrogens with two attached hydrogens (primary N) is 1. The Bertz CT molecular complexity index is 281. The van der Waals surface area contributed by atoms with Gasteiger partial charge in [-0.3, -0.25) is 4.79 Å². The van der Waals surface area contributed by atoms with E-state index in [9.17, 15) is 4.79 Å². The summed E-state index contributed by atoms with van der Waals surface area (Å²) in [6.45, 7) is 13.4. The molecule has 3 nitrogen and oxygen atoms in total. The number of carbonyl (C=O) groups is 1. The SMILES string of the molecule is CC(C)CC(CN)C(=O)N1CCC(C(C)(C)C)C1. The molecule has 2 unspecified atom stereocenters. The zero-order chi connectivity index (χ0) is 13.9. The van der Waals surface area contributed by atoms with Gasteiger partial charge in [0.05, 0.1) is 5.92 Å². The van der Waals surface area contributed by atoms with Crippen molar-refractivity contribution >= 4 is 5.91 Å². The van der Waals surface area contributed by atoms with Crippen LogP contribution >= 0.6 is 0 Å². The van der Waals surface area contributed by atoms with Crippen molar-refractivity contribution in [3.8, 4) is 0 Å². The number of hydrogen-bond donors (Lipinski definition) is 1. The third-order valence-electron chi connectivity index (χ3n) is 4.11. The molecule has 18 heavy (non-hydrogen) atoms. The van der Waals surface area contributed by atoms with Gasteiger partial charge in [-0.15, -0.1) is 0 Å². The van der Waals surface area contributed by atoms with Crippen LogP contribution in [0, 0.1) is 23.2 Å². The second kappa shape index (κ2) is 6.05. The Kier molecular flexibility index (Phi) is 5.20. The Morgan fingerprint density at radius 3 is 2.39 bits per heavy atom. The number of nitrogens with zero attached hydrogens (tertiary/aromatic N) is 1. The van der Waals surface area contributed by atoms with Crippen LogP contribution in [0.1, 0.15) is 47.5 Å². The minimum Gasteiger partial charge on any atom is -0.342 e. The number of rotatable bonds is 4. The van der Waals surface area contributed by atoms with Crippen molar-refractivity contribution in [3.05, 3.63) is 0 Å². The second-order valence-corrected chi connectivity index (χ2v) is 7.20. The zero-order valence-corrected chi connectivity index (χ0v) is 12.7. The van der Waals surface area contributed by atoms with Gasteiger partial charge in [-0.1, -0.05) is 34.6 Å². The molecule has 0 aromatic heterocycles. The van der Waals surface area contributed by atoms with Crippen LogP contribution in [-0.4, -0.2) is 30.4 Å². The standard InChI is InChI=1S/C15H30N2O/c1-11(2)8-12(9-16)14(18)17-7-6-13(10-17)15(3,4)5/h11-13H,6-10,16H2,1-5H3. The topological polar surface area (TPSA) is 46.3 Å². The largest absolute Gasteiger partial charge is 0.342 e. The quantitative estimate of drug-likeness (QED) is 0.838. The number of amides is 1. The summed E-state index contributed by atoms with van der Waals surface area (Å²) in [5, 5.41) is 0. The van der Waals surface area contributed by atoms with Crippen LogP contribution in [0.5, 0.6) is 0 Å². The molecule has 1 aliphatic rings. The molecule has 1 amide bonds. The fourth-order valence-electron chi connectivity index (χ4n) is 2.79. The van der Waals surface area contributed by atoms with E-state index < -0.39 is 0 Å². The normalized spacial score (nSPS) is 22.6. The summed E-state index contributed by atoms with van der Waals surface area (Å²) in [6, 6.07) is 0. The molecule has 0 bridgehead atoms. The van der Waals surface area contributed by atoms with Crippen molar-refractivity contribution in [2.24, 2.45) is 28.9 Å². The van der Waals surface area contributed by atoms with Crippen LogP contribution in [0.15, 0.2) is 0 Å². The zero-order valence-electron chi connectivity index (χ0n) is 12.7. The average molecular weight is 254 g/mol. The minimum absolute atomic E-state index is 0.0173. The first-order valence-corrected chi connectivity index (χ1v) is 7.24. The lowest BCUT2D eigenvalue weighted by atomic mass is 9.80. The first kappa shape index (κ1) is 15.5. The smallest absolute Gasteiger partial charge is 0.226 e. The summed E-state index contributed by atoms with van der Waals surface area (Å²) in [5.41, 5.74) is 6.06. The fourth-order valence-corrected chi connectivity index (χ4v) is 2.79. The van der Waals surface area contributed by atoms with Crippen LogP contribution in [0.3, 0.4) is 0 Å². The average Bonchev–Trinajstić information content (AvgIpc) is 2.73. The molecule has 0 spiro atoms. The van der Waals surface area contributed by atoms with Gasteiger partial charge >= 0.3 is 0 Å². The Morgan fingerprint density at radius 1 is 1.39 bits per heavy atom. The molecule has 106 valence electrons. The fraction of sp³-hybridized carbons (Fsp3) is 0.933. The first-order chi connectivity index (χ1) is 8.25. The summed E-state index contributed by atoms with van der Waals surface area (Å²) in [5.74, 6) is 1.45. The molecular weight excluding hydrogens is 224 g/mol. The van der Waals surface area contributed by atoms with Crippen LogP contribution in [0.25, 0.3) is 0 Å². The van der Waals surface area contributed by atoms with E-state index in [4.69, 9.17) is 5.73 Å². The van der Waals surface area contributed by atoms with Crippen LogP contribution in [0.4, 0.5) is 0 Å². The van der Waals surface area contributed by atoms with E-state index in [1.807, 2.05) is 4.90 Å². The van der Waals surface area contributed by atoms with Gasteiger partial charge in [0.15, 0.2) is 0 Å². The van der Waals surface area contributed by atoms with Gasteiger partial charge in [0.25, 0.3) is 0 Å². The Hall–Kier alpha value is -0.570. The molecule has 1 heterocycles. The number of carbonyl (C=O) groups excluding carboxylic acids is 1. The van der Waals surface area contributed by atoms with E-state index in [1.165, 1.54) is 0 Å². The van der Waals surface area contributed by atoms with Gasteiger partial charge in [0.2, 0.25) is 5.91 Å². The highest BCUT2D eigenvalue weighted by Gasteiger charge is 2.35. The maximum atomic E-state index is 12.4. The highest BCUT2D eigenvalue weighted by molar-refractivity contribution is 5.79. The maximum Gasteiger partial charge on any atom is 0.226 e. The molecule has 3 heteroatoms. The van der Waals surface area contributed by atoms with Crippen molar-refractivity contribution in [2.75, 3.05) is 19.6 Å². The van der Waals surface area contributed by atoms with Crippen LogP contribution in [-0.2, 0) is 4.79 Å². The number of hydrogen-bond acceptors (Lipinski definition) is 2. The Labute approximate surface area is 112 Å². The molecule has 1 aliphatic heterocycles. The highest BCUT2D eigenvalue weighted by Crippen LogP contribution is 2.34. The van der Waals surface area contributed by atoms with Crippen LogP contribution < -0.4 is 5.73 Å². The van der Waals surface area contributed by atoms with Gasteiger partial charge in [0, 0.05) is 19.6 Å². The van der Waals surface area contributed by atoms with Gasteiger partial charge in [-0.2, -0.15) is 0 Å². The van der Waals surface area contributed by atoms with E-state index in [2.05, 4.69) is 34.6 Å². The van der Waals surface area contributed by atoms with Crippen molar-refractivity contribution in [1.29, 1.82) is 0 Å². The summed E-state index contributed by atoms with van der Waals surface area (Å²) in [6.07, 6.45) is 2.04. The lowest BCUT2D eigenvalue weighted by molar-refractivity contribution is -0.134. The molecule has 1 fully saturated rings. The van der Waals surface area contributed by atoms with Crippen molar-refractivity contribution < 1.29 is 4.79 Å². The van der Waals surface area contributed by atoms with Crippen molar-refractivity contribution in [1.82, 2.24) is 4.90 Å². The van der Waals surface area contributed by atoms with E-state index in [0.717, 1.165) is 25.9 Å². The van der Waals surface area contributed by atoms with E-state index >= 15 is 0 Å². The third-order valence-corrected chi connectivity index (χ3v) is 4.11. The summed E-state index contributed by atoms with van der Waals surface area (Å²) < 4.78 is 0. The molecule has 0 aliphatic carbocycles. The first-order valence-electron chi connectivity index (χ1n) is 7.24. The summed E-state index contributed by atoms with van der Waals surface area (Å²) >= 11 is 0. The second-order valence-electron chi connectivity index (χ2n) is 7.20. The molecule has 1 rings (SSSR count). The lowest BCUT2D eigenvalue weighted by Gasteiger charge is -2.28.